The summed E-state index contributed by atoms with van der Waals surface area (Å²) in [7, 11) is 2.19. The van der Waals surface area contributed by atoms with E-state index < -0.39 is 0 Å². The van der Waals surface area contributed by atoms with Crippen molar-refractivity contribution in [1.29, 1.82) is 0 Å². The van der Waals surface area contributed by atoms with Gasteiger partial charge in [0.15, 0.2) is 0 Å². The van der Waals surface area contributed by atoms with Crippen molar-refractivity contribution in [3.05, 3.63) is 12.2 Å². The summed E-state index contributed by atoms with van der Waals surface area (Å²) >= 11 is 1.92. The Morgan fingerprint density at radius 2 is 2.19 bits per heavy atom. The number of likely N-dealkylation sites (N-methyl/N-ethyl adjacent to an activating group) is 1. The molecule has 1 atom stereocenters. The van der Waals surface area contributed by atoms with Gasteiger partial charge in [-0.2, -0.15) is 11.8 Å². The van der Waals surface area contributed by atoms with E-state index in [0.717, 1.165) is 19.6 Å². The molecule has 0 saturated carbocycles. The van der Waals surface area contributed by atoms with E-state index in [1.807, 2.05) is 11.8 Å². The Balaban J connectivity index is 3.67. The van der Waals surface area contributed by atoms with Crippen LogP contribution in [0.25, 0.3) is 0 Å². The summed E-state index contributed by atoms with van der Waals surface area (Å²) < 4.78 is 0. The third-order valence-corrected chi connectivity index (χ3v) is 3.41. The van der Waals surface area contributed by atoms with Gasteiger partial charge in [0.05, 0.1) is 0 Å². The monoisotopic (exact) mass is 244 g/mol. The molecule has 0 amide bonds. The molecule has 0 spiro atoms. The van der Waals surface area contributed by atoms with Gasteiger partial charge in [-0.3, -0.25) is 4.90 Å². The first kappa shape index (κ1) is 16.0. The Kier molecular flexibility index (Phi) is 10.2. The molecule has 0 saturated heterocycles. The van der Waals surface area contributed by atoms with Crippen LogP contribution in [0.4, 0.5) is 0 Å². The van der Waals surface area contributed by atoms with Gasteiger partial charge >= 0.3 is 0 Å². The Morgan fingerprint density at radius 1 is 1.50 bits per heavy atom. The van der Waals surface area contributed by atoms with E-state index >= 15 is 0 Å². The normalized spacial score (nSPS) is 13.1. The van der Waals surface area contributed by atoms with E-state index in [9.17, 15) is 0 Å². The number of nitrogens with zero attached hydrogens (tertiary/aromatic N) is 1. The van der Waals surface area contributed by atoms with Crippen molar-refractivity contribution < 1.29 is 0 Å². The van der Waals surface area contributed by atoms with E-state index in [1.54, 1.807) is 0 Å². The van der Waals surface area contributed by atoms with Gasteiger partial charge in [-0.1, -0.05) is 13.5 Å². The van der Waals surface area contributed by atoms with Crippen molar-refractivity contribution in [2.45, 2.75) is 32.7 Å². The highest BCUT2D eigenvalue weighted by molar-refractivity contribution is 7.98. The fourth-order valence-corrected chi connectivity index (χ4v) is 2.09. The van der Waals surface area contributed by atoms with E-state index in [-0.39, 0.29) is 0 Å². The Morgan fingerprint density at radius 3 is 2.75 bits per heavy atom. The minimum atomic E-state index is 0.648. The number of nitrogens with one attached hydrogen (secondary N) is 1. The molecule has 0 aromatic rings. The summed E-state index contributed by atoms with van der Waals surface area (Å²) in [5.41, 5.74) is 1.28. The van der Waals surface area contributed by atoms with Crippen LogP contribution >= 0.6 is 11.8 Å². The van der Waals surface area contributed by atoms with Crippen LogP contribution in [0.1, 0.15) is 26.7 Å². The largest absolute Gasteiger partial charge is 0.313 e. The molecule has 0 rings (SSSR count). The first-order valence-electron chi connectivity index (χ1n) is 6.18. The van der Waals surface area contributed by atoms with Gasteiger partial charge in [-0.05, 0) is 50.9 Å². The van der Waals surface area contributed by atoms with Crippen molar-refractivity contribution in [1.82, 2.24) is 10.2 Å². The second-order valence-corrected chi connectivity index (χ2v) is 5.46. The quantitative estimate of drug-likeness (QED) is 0.470. The van der Waals surface area contributed by atoms with E-state index in [4.69, 9.17) is 0 Å². The predicted octanol–water partition coefficient (Wildman–Crippen LogP) is 2.62. The van der Waals surface area contributed by atoms with Crippen LogP contribution in [-0.4, -0.2) is 49.6 Å². The lowest BCUT2D eigenvalue weighted by atomic mass is 10.2. The highest BCUT2D eigenvalue weighted by atomic mass is 32.2. The van der Waals surface area contributed by atoms with Gasteiger partial charge in [-0.25, -0.2) is 0 Å². The SMILES string of the molecule is C=C(CNCCC)CN(C)C(C)CCSC. The van der Waals surface area contributed by atoms with Gasteiger partial charge in [0, 0.05) is 19.1 Å². The van der Waals surface area contributed by atoms with Crippen LogP contribution in [0.5, 0.6) is 0 Å². The van der Waals surface area contributed by atoms with Crippen molar-refractivity contribution in [2.75, 3.05) is 38.7 Å². The summed E-state index contributed by atoms with van der Waals surface area (Å²) in [4.78, 5) is 2.40. The van der Waals surface area contributed by atoms with Crippen molar-refractivity contribution in [3.63, 3.8) is 0 Å². The zero-order valence-electron chi connectivity index (χ0n) is 11.4. The number of hydrogen-bond donors (Lipinski definition) is 1. The lowest BCUT2D eigenvalue weighted by molar-refractivity contribution is 0.272. The first-order chi connectivity index (χ1) is 7.61. The van der Waals surface area contributed by atoms with Crippen molar-refractivity contribution >= 4 is 11.8 Å². The molecule has 0 aliphatic carbocycles. The highest BCUT2D eigenvalue weighted by Gasteiger charge is 2.09. The molecule has 0 fully saturated rings. The van der Waals surface area contributed by atoms with Crippen molar-refractivity contribution in [2.24, 2.45) is 0 Å². The maximum absolute atomic E-state index is 4.12. The Bertz CT molecular complexity index is 183. The van der Waals surface area contributed by atoms with Crippen LogP contribution in [-0.2, 0) is 0 Å². The molecule has 0 aliphatic rings. The van der Waals surface area contributed by atoms with E-state index in [1.165, 1.54) is 24.2 Å². The van der Waals surface area contributed by atoms with Crippen molar-refractivity contribution in [3.8, 4) is 0 Å². The molecule has 0 aromatic carbocycles. The number of thioether (sulfide) groups is 1. The molecule has 0 aliphatic heterocycles. The average molecular weight is 244 g/mol. The maximum Gasteiger partial charge on any atom is 0.0202 e. The summed E-state index contributed by atoms with van der Waals surface area (Å²) in [6.45, 7) is 11.6. The zero-order valence-corrected chi connectivity index (χ0v) is 12.2. The second kappa shape index (κ2) is 10.2. The topological polar surface area (TPSA) is 15.3 Å². The third-order valence-electron chi connectivity index (χ3n) is 2.77. The Hall–Kier alpha value is 0.0100. The minimum absolute atomic E-state index is 0.648. The summed E-state index contributed by atoms with van der Waals surface area (Å²) in [5.74, 6) is 1.24. The van der Waals surface area contributed by atoms with Crippen LogP contribution in [0.15, 0.2) is 12.2 Å². The van der Waals surface area contributed by atoms with Gasteiger partial charge in [0.2, 0.25) is 0 Å². The minimum Gasteiger partial charge on any atom is -0.313 e. The molecular weight excluding hydrogens is 216 g/mol. The molecule has 1 N–H and O–H groups in total. The summed E-state index contributed by atoms with van der Waals surface area (Å²) in [6, 6.07) is 0.648. The smallest absolute Gasteiger partial charge is 0.0202 e. The van der Waals surface area contributed by atoms with Gasteiger partial charge in [0.1, 0.15) is 0 Å². The van der Waals surface area contributed by atoms with Crippen LogP contribution in [0, 0.1) is 0 Å². The molecular formula is C13H28N2S. The molecule has 0 radical (unpaired) electrons. The standard InChI is InChI=1S/C13H28N2S/c1-6-8-14-10-12(2)11-15(4)13(3)7-9-16-5/h13-14H,2,6-11H2,1,3-5H3. The molecule has 0 aromatic heterocycles. The summed E-state index contributed by atoms with van der Waals surface area (Å²) in [5, 5.41) is 3.39. The summed E-state index contributed by atoms with van der Waals surface area (Å²) in [6.07, 6.45) is 4.61. The third kappa shape index (κ3) is 8.20. The molecule has 0 bridgehead atoms. The highest BCUT2D eigenvalue weighted by Crippen LogP contribution is 2.07. The van der Waals surface area contributed by atoms with Gasteiger partial charge in [-0.15, -0.1) is 0 Å². The molecule has 0 heterocycles. The fraction of sp³-hybridized carbons (Fsp3) is 0.846. The number of rotatable bonds is 10. The van der Waals surface area contributed by atoms with Gasteiger partial charge in [0.25, 0.3) is 0 Å². The first-order valence-corrected chi connectivity index (χ1v) is 7.57. The molecule has 16 heavy (non-hydrogen) atoms. The van der Waals surface area contributed by atoms with Crippen LogP contribution < -0.4 is 5.32 Å². The zero-order chi connectivity index (χ0) is 12.4. The van der Waals surface area contributed by atoms with E-state index in [0.29, 0.717) is 6.04 Å². The average Bonchev–Trinajstić information content (AvgIpc) is 2.26. The number of hydrogen-bond acceptors (Lipinski definition) is 3. The predicted molar refractivity (Wildman–Crippen MR) is 77.4 cm³/mol. The maximum atomic E-state index is 4.12. The van der Waals surface area contributed by atoms with Gasteiger partial charge < -0.3 is 5.32 Å². The molecule has 2 nitrogen and oxygen atoms in total. The lowest BCUT2D eigenvalue weighted by Gasteiger charge is -2.25. The molecule has 1 unspecified atom stereocenters. The lowest BCUT2D eigenvalue weighted by Crippen LogP contribution is -2.33. The second-order valence-electron chi connectivity index (χ2n) is 4.47. The Labute approximate surface area is 106 Å². The fourth-order valence-electron chi connectivity index (χ4n) is 1.52. The van der Waals surface area contributed by atoms with Crippen LogP contribution in [0.3, 0.4) is 0 Å². The van der Waals surface area contributed by atoms with Crippen LogP contribution in [0.2, 0.25) is 0 Å². The molecule has 3 heteroatoms. The van der Waals surface area contributed by atoms with E-state index in [2.05, 4.69) is 43.9 Å². The molecule has 96 valence electrons.